The lowest BCUT2D eigenvalue weighted by molar-refractivity contribution is -0.144. The van der Waals surface area contributed by atoms with Gasteiger partial charge in [-0.2, -0.15) is 0 Å². The van der Waals surface area contributed by atoms with Gasteiger partial charge >= 0.3 is 11.9 Å². The van der Waals surface area contributed by atoms with Gasteiger partial charge in [0.2, 0.25) is 0 Å². The van der Waals surface area contributed by atoms with E-state index in [0.717, 1.165) is 24.0 Å². The molecule has 4 heteroatoms. The van der Waals surface area contributed by atoms with Crippen LogP contribution in [0, 0.1) is 5.92 Å². The number of hydrogen-bond acceptors (Lipinski definition) is 4. The zero-order valence-electron chi connectivity index (χ0n) is 13.8. The van der Waals surface area contributed by atoms with E-state index in [1.54, 1.807) is 0 Å². The molecule has 4 nitrogen and oxygen atoms in total. The van der Waals surface area contributed by atoms with Crippen LogP contribution in [0.1, 0.15) is 44.7 Å². The van der Waals surface area contributed by atoms with Crippen molar-refractivity contribution in [1.29, 1.82) is 0 Å². The minimum absolute atomic E-state index is 0.186. The zero-order valence-corrected chi connectivity index (χ0v) is 13.8. The summed E-state index contributed by atoms with van der Waals surface area (Å²) >= 11 is 0. The van der Waals surface area contributed by atoms with Crippen LogP contribution in [0.4, 0.5) is 0 Å². The molecular weight excluding hydrogens is 280 g/mol. The van der Waals surface area contributed by atoms with Gasteiger partial charge in [-0.05, 0) is 23.5 Å². The topological polar surface area (TPSA) is 52.6 Å². The lowest BCUT2D eigenvalue weighted by Gasteiger charge is -2.10. The summed E-state index contributed by atoms with van der Waals surface area (Å²) in [5.41, 5.74) is 1.65. The average Bonchev–Trinajstić information content (AvgIpc) is 2.47. The number of unbranched alkanes of at least 4 members (excludes halogenated alkanes) is 1. The maximum atomic E-state index is 11.8. The predicted molar refractivity (Wildman–Crippen MR) is 85.5 cm³/mol. The van der Waals surface area contributed by atoms with Gasteiger partial charge < -0.3 is 9.47 Å². The van der Waals surface area contributed by atoms with Crippen LogP contribution in [0.2, 0.25) is 0 Å². The van der Waals surface area contributed by atoms with Crippen molar-refractivity contribution >= 4 is 11.9 Å². The Morgan fingerprint density at radius 1 is 1.00 bits per heavy atom. The van der Waals surface area contributed by atoms with Gasteiger partial charge in [0.05, 0.1) is 26.1 Å². The smallest absolute Gasteiger partial charge is 0.310 e. The summed E-state index contributed by atoms with van der Waals surface area (Å²) in [7, 11) is 0. The number of hydrogen-bond donors (Lipinski definition) is 0. The Morgan fingerprint density at radius 2 is 1.55 bits per heavy atom. The number of carbonyl (C=O) groups is 2. The molecule has 0 aliphatic heterocycles. The molecule has 0 atom stereocenters. The molecule has 0 radical (unpaired) electrons. The van der Waals surface area contributed by atoms with Gasteiger partial charge in [0.25, 0.3) is 0 Å². The third-order valence-electron chi connectivity index (χ3n) is 3.13. The van der Waals surface area contributed by atoms with E-state index in [1.165, 1.54) is 0 Å². The molecule has 0 aromatic heterocycles. The Morgan fingerprint density at radius 3 is 2.05 bits per heavy atom. The number of carbonyl (C=O) groups excluding carboxylic acids is 2. The van der Waals surface area contributed by atoms with Crippen LogP contribution in [0.25, 0.3) is 0 Å². The molecule has 0 saturated carbocycles. The summed E-state index contributed by atoms with van der Waals surface area (Å²) in [4.78, 5) is 23.6. The minimum atomic E-state index is -0.263. The molecule has 0 amide bonds. The van der Waals surface area contributed by atoms with E-state index < -0.39 is 0 Å². The van der Waals surface area contributed by atoms with Crippen LogP contribution in [0.5, 0.6) is 0 Å². The summed E-state index contributed by atoms with van der Waals surface area (Å²) in [5.74, 6) is -0.204. The summed E-state index contributed by atoms with van der Waals surface area (Å²) in [6, 6.07) is 7.42. The third-order valence-corrected chi connectivity index (χ3v) is 3.13. The van der Waals surface area contributed by atoms with Gasteiger partial charge in [0.1, 0.15) is 0 Å². The van der Waals surface area contributed by atoms with Gasteiger partial charge in [-0.3, -0.25) is 9.59 Å². The normalized spacial score (nSPS) is 10.5. The standard InChI is InChI=1S/C18H26O4/c1-4-5-10-21-17(19)11-15-8-6-7-9-16(15)12-18(20)22-13-14(2)3/h6-9,14H,4-5,10-13H2,1-3H3. The fraction of sp³-hybridized carbons (Fsp3) is 0.556. The fourth-order valence-corrected chi connectivity index (χ4v) is 1.91. The van der Waals surface area contributed by atoms with Crippen molar-refractivity contribution in [1.82, 2.24) is 0 Å². The molecule has 0 saturated heterocycles. The van der Waals surface area contributed by atoms with E-state index in [2.05, 4.69) is 0 Å². The molecule has 0 fully saturated rings. The quantitative estimate of drug-likeness (QED) is 0.519. The van der Waals surface area contributed by atoms with Gasteiger partial charge in [0, 0.05) is 0 Å². The molecule has 0 unspecified atom stereocenters. The molecule has 0 aliphatic carbocycles. The van der Waals surface area contributed by atoms with Crippen LogP contribution in [0.3, 0.4) is 0 Å². The molecule has 0 spiro atoms. The monoisotopic (exact) mass is 306 g/mol. The first-order valence-corrected chi connectivity index (χ1v) is 7.91. The predicted octanol–water partition coefficient (Wildman–Crippen LogP) is 3.31. The van der Waals surface area contributed by atoms with Gasteiger partial charge in [0.15, 0.2) is 0 Å². The second-order valence-corrected chi connectivity index (χ2v) is 5.77. The van der Waals surface area contributed by atoms with E-state index in [4.69, 9.17) is 9.47 Å². The Labute approximate surface area is 132 Å². The van der Waals surface area contributed by atoms with Crippen molar-refractivity contribution in [2.24, 2.45) is 5.92 Å². The second kappa shape index (κ2) is 9.98. The minimum Gasteiger partial charge on any atom is -0.465 e. The van der Waals surface area contributed by atoms with E-state index in [-0.39, 0.29) is 24.8 Å². The second-order valence-electron chi connectivity index (χ2n) is 5.77. The first kappa shape index (κ1) is 18.2. The number of rotatable bonds is 9. The molecule has 0 N–H and O–H groups in total. The lowest BCUT2D eigenvalue weighted by atomic mass is 10.0. The van der Waals surface area contributed by atoms with E-state index in [0.29, 0.717) is 19.1 Å². The third kappa shape index (κ3) is 7.25. The van der Waals surface area contributed by atoms with Crippen LogP contribution in [-0.4, -0.2) is 25.2 Å². The van der Waals surface area contributed by atoms with Crippen LogP contribution in [0.15, 0.2) is 24.3 Å². The number of benzene rings is 1. The lowest BCUT2D eigenvalue weighted by Crippen LogP contribution is -2.15. The van der Waals surface area contributed by atoms with E-state index in [1.807, 2.05) is 45.0 Å². The molecule has 0 bridgehead atoms. The maximum absolute atomic E-state index is 11.8. The van der Waals surface area contributed by atoms with Crippen molar-refractivity contribution in [2.75, 3.05) is 13.2 Å². The Bertz CT molecular complexity index is 480. The zero-order chi connectivity index (χ0) is 16.4. The van der Waals surface area contributed by atoms with Crippen molar-refractivity contribution < 1.29 is 19.1 Å². The van der Waals surface area contributed by atoms with Gasteiger partial charge in [-0.25, -0.2) is 0 Å². The van der Waals surface area contributed by atoms with Crippen LogP contribution < -0.4 is 0 Å². The molecule has 1 aromatic rings. The highest BCUT2D eigenvalue weighted by Crippen LogP contribution is 2.12. The Kier molecular flexibility index (Phi) is 8.26. The molecule has 0 aliphatic rings. The molecule has 122 valence electrons. The fourth-order valence-electron chi connectivity index (χ4n) is 1.91. The van der Waals surface area contributed by atoms with Crippen LogP contribution in [-0.2, 0) is 31.9 Å². The van der Waals surface area contributed by atoms with Crippen LogP contribution >= 0.6 is 0 Å². The number of ether oxygens (including phenoxy) is 2. The van der Waals surface area contributed by atoms with E-state index >= 15 is 0 Å². The largest absolute Gasteiger partial charge is 0.465 e. The van der Waals surface area contributed by atoms with Crippen molar-refractivity contribution in [3.8, 4) is 0 Å². The molecule has 22 heavy (non-hydrogen) atoms. The average molecular weight is 306 g/mol. The molecule has 1 aromatic carbocycles. The summed E-state index contributed by atoms with van der Waals surface area (Å²) < 4.78 is 10.4. The highest BCUT2D eigenvalue weighted by molar-refractivity contribution is 5.76. The molecule has 1 rings (SSSR count). The Hall–Kier alpha value is -1.84. The van der Waals surface area contributed by atoms with Crippen molar-refractivity contribution in [2.45, 2.75) is 46.5 Å². The first-order chi connectivity index (χ1) is 10.5. The highest BCUT2D eigenvalue weighted by atomic mass is 16.5. The maximum Gasteiger partial charge on any atom is 0.310 e. The highest BCUT2D eigenvalue weighted by Gasteiger charge is 2.13. The van der Waals surface area contributed by atoms with E-state index in [9.17, 15) is 9.59 Å². The van der Waals surface area contributed by atoms with Gasteiger partial charge in [-0.15, -0.1) is 0 Å². The summed E-state index contributed by atoms with van der Waals surface area (Å²) in [5, 5.41) is 0. The number of esters is 2. The Balaban J connectivity index is 2.57. The summed E-state index contributed by atoms with van der Waals surface area (Å²) in [6.45, 7) is 6.90. The summed E-state index contributed by atoms with van der Waals surface area (Å²) in [6.07, 6.45) is 2.24. The molecular formula is C18H26O4. The molecule has 0 heterocycles. The van der Waals surface area contributed by atoms with Crippen molar-refractivity contribution in [3.05, 3.63) is 35.4 Å². The first-order valence-electron chi connectivity index (χ1n) is 7.91. The van der Waals surface area contributed by atoms with Crippen molar-refractivity contribution in [3.63, 3.8) is 0 Å². The van der Waals surface area contributed by atoms with Gasteiger partial charge in [-0.1, -0.05) is 51.5 Å². The SMILES string of the molecule is CCCCOC(=O)Cc1ccccc1CC(=O)OCC(C)C.